The van der Waals surface area contributed by atoms with E-state index in [0.717, 1.165) is 5.56 Å². The first-order valence-corrected chi connectivity index (χ1v) is 7.41. The molecule has 0 bridgehead atoms. The molecule has 2 amide bonds. The Bertz CT molecular complexity index is 726. The lowest BCUT2D eigenvalue weighted by molar-refractivity contribution is -0.114. The molecule has 2 aromatic carbocycles. The number of hydrogen-bond acceptors (Lipinski definition) is 4. The number of benzene rings is 2. The van der Waals surface area contributed by atoms with Crippen LogP contribution in [0.4, 0.5) is 5.69 Å². The van der Waals surface area contributed by atoms with E-state index in [2.05, 4.69) is 10.6 Å². The van der Waals surface area contributed by atoms with Gasteiger partial charge >= 0.3 is 0 Å². The number of carbonyl (C=O) groups is 2. The summed E-state index contributed by atoms with van der Waals surface area (Å²) in [6.45, 7) is 1.74. The smallest absolute Gasteiger partial charge is 0.251 e. The number of amides is 2. The van der Waals surface area contributed by atoms with E-state index in [1.54, 1.807) is 44.6 Å². The van der Waals surface area contributed by atoms with E-state index in [9.17, 15) is 9.59 Å². The molecular weight excluding hydrogens is 308 g/mol. The highest BCUT2D eigenvalue weighted by atomic mass is 16.5. The summed E-state index contributed by atoms with van der Waals surface area (Å²) >= 11 is 0. The van der Waals surface area contributed by atoms with Crippen LogP contribution in [0.3, 0.4) is 0 Å². The standard InChI is InChI=1S/C18H20N2O4/c1-12(21)20-15-9-7-13(8-10-15)18(22)19-11-14-5-4-6-16(23-2)17(14)24-3/h4-10H,11H2,1-3H3,(H,19,22)(H,20,21). The fraction of sp³-hybridized carbons (Fsp3) is 0.222. The Kier molecular flexibility index (Phi) is 5.78. The van der Waals surface area contributed by atoms with Gasteiger partial charge < -0.3 is 20.1 Å². The van der Waals surface area contributed by atoms with Crippen molar-refractivity contribution in [3.05, 3.63) is 53.6 Å². The Hall–Kier alpha value is -3.02. The number of hydrogen-bond donors (Lipinski definition) is 2. The van der Waals surface area contributed by atoms with Gasteiger partial charge in [-0.05, 0) is 30.3 Å². The van der Waals surface area contributed by atoms with Crippen LogP contribution < -0.4 is 20.1 Å². The van der Waals surface area contributed by atoms with Crippen molar-refractivity contribution in [3.8, 4) is 11.5 Å². The van der Waals surface area contributed by atoms with Crippen LogP contribution >= 0.6 is 0 Å². The zero-order valence-corrected chi connectivity index (χ0v) is 13.9. The van der Waals surface area contributed by atoms with Gasteiger partial charge in [0, 0.05) is 30.3 Å². The Labute approximate surface area is 140 Å². The summed E-state index contributed by atoms with van der Waals surface area (Å²) in [5, 5.41) is 5.50. The van der Waals surface area contributed by atoms with E-state index in [0.29, 0.717) is 29.3 Å². The summed E-state index contributed by atoms with van der Waals surface area (Å²) in [5.74, 6) is 0.844. The maximum Gasteiger partial charge on any atom is 0.251 e. The minimum absolute atomic E-state index is 0.155. The van der Waals surface area contributed by atoms with Gasteiger partial charge in [0.2, 0.25) is 5.91 Å². The normalized spacial score (nSPS) is 9.96. The van der Waals surface area contributed by atoms with E-state index < -0.39 is 0 Å². The van der Waals surface area contributed by atoms with Gasteiger partial charge in [-0.1, -0.05) is 12.1 Å². The fourth-order valence-corrected chi connectivity index (χ4v) is 2.28. The first kappa shape index (κ1) is 17.3. The SMILES string of the molecule is COc1cccc(CNC(=O)c2ccc(NC(C)=O)cc2)c1OC. The minimum Gasteiger partial charge on any atom is -0.493 e. The molecule has 0 fully saturated rings. The summed E-state index contributed by atoms with van der Waals surface area (Å²) in [7, 11) is 3.13. The molecule has 2 rings (SSSR count). The second-order valence-corrected chi connectivity index (χ2v) is 5.09. The third-order valence-electron chi connectivity index (χ3n) is 3.39. The van der Waals surface area contributed by atoms with E-state index in [4.69, 9.17) is 9.47 Å². The molecule has 0 radical (unpaired) electrons. The monoisotopic (exact) mass is 328 g/mol. The molecule has 0 unspecified atom stereocenters. The highest BCUT2D eigenvalue weighted by Crippen LogP contribution is 2.30. The predicted octanol–water partition coefficient (Wildman–Crippen LogP) is 2.59. The number of anilines is 1. The average Bonchev–Trinajstić information content (AvgIpc) is 2.59. The van der Waals surface area contributed by atoms with Gasteiger partial charge in [0.1, 0.15) is 0 Å². The largest absolute Gasteiger partial charge is 0.493 e. The summed E-state index contributed by atoms with van der Waals surface area (Å²) in [6.07, 6.45) is 0. The third kappa shape index (κ3) is 4.25. The van der Waals surface area contributed by atoms with E-state index in [1.807, 2.05) is 12.1 Å². The Morgan fingerprint density at radius 3 is 2.29 bits per heavy atom. The number of ether oxygens (including phenoxy) is 2. The highest BCUT2D eigenvalue weighted by Gasteiger charge is 2.11. The quantitative estimate of drug-likeness (QED) is 0.854. The molecule has 0 saturated heterocycles. The zero-order chi connectivity index (χ0) is 17.5. The van der Waals surface area contributed by atoms with Crippen molar-refractivity contribution in [2.24, 2.45) is 0 Å². The molecule has 0 aliphatic heterocycles. The summed E-state index contributed by atoms with van der Waals surface area (Å²) < 4.78 is 10.6. The first-order valence-electron chi connectivity index (χ1n) is 7.41. The van der Waals surface area contributed by atoms with Crippen molar-refractivity contribution in [1.82, 2.24) is 5.32 Å². The lowest BCUT2D eigenvalue weighted by Crippen LogP contribution is -2.23. The van der Waals surface area contributed by atoms with Crippen LogP contribution in [0.15, 0.2) is 42.5 Å². The van der Waals surface area contributed by atoms with Crippen molar-refractivity contribution < 1.29 is 19.1 Å². The number of methoxy groups -OCH3 is 2. The highest BCUT2D eigenvalue weighted by molar-refractivity contribution is 5.95. The molecule has 0 aliphatic rings. The van der Waals surface area contributed by atoms with Crippen LogP contribution in [0, 0.1) is 0 Å². The molecule has 0 heterocycles. The average molecular weight is 328 g/mol. The van der Waals surface area contributed by atoms with E-state index >= 15 is 0 Å². The maximum absolute atomic E-state index is 12.2. The van der Waals surface area contributed by atoms with Crippen molar-refractivity contribution >= 4 is 17.5 Å². The number of rotatable bonds is 6. The van der Waals surface area contributed by atoms with Crippen LogP contribution in [0.25, 0.3) is 0 Å². The number of nitrogens with one attached hydrogen (secondary N) is 2. The molecule has 0 atom stereocenters. The van der Waals surface area contributed by atoms with Gasteiger partial charge in [-0.2, -0.15) is 0 Å². The van der Waals surface area contributed by atoms with Gasteiger partial charge in [-0.3, -0.25) is 9.59 Å². The molecule has 6 nitrogen and oxygen atoms in total. The molecular formula is C18H20N2O4. The molecule has 126 valence electrons. The van der Waals surface area contributed by atoms with Crippen LogP contribution in [-0.2, 0) is 11.3 Å². The van der Waals surface area contributed by atoms with Crippen LogP contribution in [-0.4, -0.2) is 26.0 Å². The summed E-state index contributed by atoms with van der Waals surface area (Å²) in [6, 6.07) is 12.2. The fourth-order valence-electron chi connectivity index (χ4n) is 2.28. The maximum atomic E-state index is 12.2. The van der Waals surface area contributed by atoms with Gasteiger partial charge in [-0.25, -0.2) is 0 Å². The van der Waals surface area contributed by atoms with Gasteiger partial charge in [0.05, 0.1) is 14.2 Å². The second kappa shape index (κ2) is 8.01. The minimum atomic E-state index is -0.214. The predicted molar refractivity (Wildman–Crippen MR) is 91.5 cm³/mol. The number of para-hydroxylation sites is 1. The molecule has 2 N–H and O–H groups in total. The van der Waals surface area contributed by atoms with E-state index in [-0.39, 0.29) is 11.8 Å². The molecule has 2 aromatic rings. The lowest BCUT2D eigenvalue weighted by atomic mass is 10.1. The van der Waals surface area contributed by atoms with Crippen molar-refractivity contribution in [2.45, 2.75) is 13.5 Å². The van der Waals surface area contributed by atoms with E-state index in [1.165, 1.54) is 6.92 Å². The van der Waals surface area contributed by atoms with Gasteiger partial charge in [0.25, 0.3) is 5.91 Å². The summed E-state index contributed by atoms with van der Waals surface area (Å²) in [4.78, 5) is 23.2. The van der Waals surface area contributed by atoms with Gasteiger partial charge in [-0.15, -0.1) is 0 Å². The Morgan fingerprint density at radius 1 is 1.00 bits per heavy atom. The van der Waals surface area contributed by atoms with Crippen molar-refractivity contribution in [3.63, 3.8) is 0 Å². The molecule has 6 heteroatoms. The van der Waals surface area contributed by atoms with Gasteiger partial charge in [0.15, 0.2) is 11.5 Å². The molecule has 0 spiro atoms. The summed E-state index contributed by atoms with van der Waals surface area (Å²) in [5.41, 5.74) is 1.97. The molecule has 0 aromatic heterocycles. The van der Waals surface area contributed by atoms with Crippen LogP contribution in [0.5, 0.6) is 11.5 Å². The topological polar surface area (TPSA) is 76.7 Å². The lowest BCUT2D eigenvalue weighted by Gasteiger charge is -2.13. The molecule has 0 saturated carbocycles. The van der Waals surface area contributed by atoms with Crippen LogP contribution in [0.1, 0.15) is 22.8 Å². The molecule has 0 aliphatic carbocycles. The first-order chi connectivity index (χ1) is 11.5. The Balaban J connectivity index is 2.04. The van der Waals surface area contributed by atoms with Crippen molar-refractivity contribution in [2.75, 3.05) is 19.5 Å². The second-order valence-electron chi connectivity index (χ2n) is 5.09. The zero-order valence-electron chi connectivity index (χ0n) is 13.9. The molecule has 24 heavy (non-hydrogen) atoms. The number of carbonyl (C=O) groups excluding carboxylic acids is 2. The van der Waals surface area contributed by atoms with Crippen molar-refractivity contribution in [1.29, 1.82) is 0 Å². The third-order valence-corrected chi connectivity index (χ3v) is 3.39. The van der Waals surface area contributed by atoms with Crippen LogP contribution in [0.2, 0.25) is 0 Å². The Morgan fingerprint density at radius 2 is 1.71 bits per heavy atom.